The third-order valence-electron chi connectivity index (χ3n) is 3.07. The summed E-state index contributed by atoms with van der Waals surface area (Å²) >= 11 is 1.30. The maximum Gasteiger partial charge on any atom is 0.277 e. The number of benzene rings is 1. The van der Waals surface area contributed by atoms with Crippen LogP contribution in [0.25, 0.3) is 0 Å². The molecule has 0 bridgehead atoms. The summed E-state index contributed by atoms with van der Waals surface area (Å²) in [6, 6.07) is 7.95. The molecule has 0 atom stereocenters. The molecular formula is C15H19N3O2S. The van der Waals surface area contributed by atoms with Crippen LogP contribution in [0.2, 0.25) is 0 Å². The molecule has 5 nitrogen and oxygen atoms in total. The standard InChI is InChI=1S/C15H19N3O2S/c1-9(2)11-6-4-5-7-12(11)20-8-13-17-10(3)14(21-13)15(19)18-16/h4-7,9H,8,16H2,1-3H3,(H,18,19). The molecule has 21 heavy (non-hydrogen) atoms. The molecule has 1 amide bonds. The van der Waals surface area contributed by atoms with Crippen LogP contribution in [0.15, 0.2) is 24.3 Å². The Bertz CT molecular complexity index is 638. The average molecular weight is 305 g/mol. The summed E-state index contributed by atoms with van der Waals surface area (Å²) in [5.74, 6) is 6.07. The zero-order valence-electron chi connectivity index (χ0n) is 12.3. The number of aryl methyl sites for hydroxylation is 1. The molecule has 1 aromatic heterocycles. The topological polar surface area (TPSA) is 77.2 Å². The number of hydrazine groups is 1. The number of nitrogen functional groups attached to an aromatic ring is 1. The van der Waals surface area contributed by atoms with Gasteiger partial charge in [-0.25, -0.2) is 10.8 Å². The molecule has 3 N–H and O–H groups in total. The summed E-state index contributed by atoms with van der Waals surface area (Å²) in [4.78, 5) is 16.4. The smallest absolute Gasteiger partial charge is 0.277 e. The number of carbonyl (C=O) groups is 1. The van der Waals surface area contributed by atoms with Crippen LogP contribution in [0.4, 0.5) is 0 Å². The number of carbonyl (C=O) groups excluding carboxylic acids is 1. The Hall–Kier alpha value is -1.92. The number of nitrogens with zero attached hydrogens (tertiary/aromatic N) is 1. The Morgan fingerprint density at radius 1 is 1.43 bits per heavy atom. The van der Waals surface area contributed by atoms with Crippen LogP contribution in [0.1, 0.15) is 45.7 Å². The van der Waals surface area contributed by atoms with E-state index < -0.39 is 0 Å². The zero-order chi connectivity index (χ0) is 15.4. The fraction of sp³-hybridized carbons (Fsp3) is 0.333. The van der Waals surface area contributed by atoms with E-state index in [0.29, 0.717) is 23.1 Å². The van der Waals surface area contributed by atoms with Crippen LogP contribution in [0, 0.1) is 6.92 Å². The van der Waals surface area contributed by atoms with Crippen LogP contribution in [-0.2, 0) is 6.61 Å². The normalized spacial score (nSPS) is 10.7. The van der Waals surface area contributed by atoms with Gasteiger partial charge in [-0.15, -0.1) is 11.3 Å². The molecule has 0 aliphatic rings. The van der Waals surface area contributed by atoms with Gasteiger partial charge in [0, 0.05) is 0 Å². The molecule has 0 aliphatic heterocycles. The van der Waals surface area contributed by atoms with Gasteiger partial charge in [0.2, 0.25) is 0 Å². The predicted octanol–water partition coefficient (Wildman–Crippen LogP) is 2.76. The lowest BCUT2D eigenvalue weighted by Crippen LogP contribution is -2.29. The van der Waals surface area contributed by atoms with Crippen molar-refractivity contribution < 1.29 is 9.53 Å². The molecule has 1 aromatic carbocycles. The van der Waals surface area contributed by atoms with Gasteiger partial charge in [0.05, 0.1) is 5.69 Å². The first-order valence-electron chi connectivity index (χ1n) is 6.72. The lowest BCUT2D eigenvalue weighted by atomic mass is 10.0. The van der Waals surface area contributed by atoms with Gasteiger partial charge in [0.25, 0.3) is 5.91 Å². The van der Waals surface area contributed by atoms with Gasteiger partial charge in [0.15, 0.2) is 0 Å². The Morgan fingerprint density at radius 3 is 2.81 bits per heavy atom. The number of aromatic nitrogens is 1. The third kappa shape index (κ3) is 3.59. The number of nitrogens with one attached hydrogen (secondary N) is 1. The molecule has 2 rings (SSSR count). The van der Waals surface area contributed by atoms with E-state index in [0.717, 1.165) is 16.3 Å². The third-order valence-corrected chi connectivity index (χ3v) is 4.20. The molecule has 0 spiro atoms. The van der Waals surface area contributed by atoms with Crippen molar-refractivity contribution in [2.75, 3.05) is 0 Å². The highest BCUT2D eigenvalue weighted by Crippen LogP contribution is 2.27. The molecule has 0 fully saturated rings. The van der Waals surface area contributed by atoms with Crippen LogP contribution in [0.5, 0.6) is 5.75 Å². The first kappa shape index (κ1) is 15.5. The van der Waals surface area contributed by atoms with Crippen molar-refractivity contribution in [2.24, 2.45) is 5.84 Å². The molecule has 0 radical (unpaired) electrons. The minimum Gasteiger partial charge on any atom is -0.486 e. The lowest BCUT2D eigenvalue weighted by molar-refractivity contribution is 0.0957. The van der Waals surface area contributed by atoms with Gasteiger partial charge in [-0.05, 0) is 24.5 Å². The van der Waals surface area contributed by atoms with E-state index in [1.807, 2.05) is 18.2 Å². The average Bonchev–Trinajstić information content (AvgIpc) is 2.85. The summed E-state index contributed by atoms with van der Waals surface area (Å²) in [6.45, 7) is 6.37. The molecule has 0 unspecified atom stereocenters. The largest absolute Gasteiger partial charge is 0.486 e. The van der Waals surface area contributed by atoms with E-state index in [9.17, 15) is 4.79 Å². The molecular weight excluding hydrogens is 286 g/mol. The molecule has 0 saturated carbocycles. The molecule has 112 valence electrons. The summed E-state index contributed by atoms with van der Waals surface area (Å²) in [6.07, 6.45) is 0. The number of hydrogen-bond acceptors (Lipinski definition) is 5. The number of nitrogens with two attached hydrogens (primary N) is 1. The summed E-state index contributed by atoms with van der Waals surface area (Å²) in [7, 11) is 0. The van der Waals surface area contributed by atoms with Crippen molar-refractivity contribution in [3.8, 4) is 5.75 Å². The number of ether oxygens (including phenoxy) is 1. The van der Waals surface area contributed by atoms with E-state index in [4.69, 9.17) is 10.6 Å². The molecule has 1 heterocycles. The second-order valence-corrected chi connectivity index (χ2v) is 6.06. The Kier molecular flexibility index (Phi) is 4.93. The number of rotatable bonds is 5. The first-order valence-corrected chi connectivity index (χ1v) is 7.53. The summed E-state index contributed by atoms with van der Waals surface area (Å²) in [5, 5.41) is 0.754. The highest BCUT2D eigenvalue weighted by Gasteiger charge is 2.15. The van der Waals surface area contributed by atoms with Crippen LogP contribution in [0.3, 0.4) is 0 Å². The summed E-state index contributed by atoms with van der Waals surface area (Å²) < 4.78 is 5.85. The van der Waals surface area contributed by atoms with Crippen molar-refractivity contribution in [3.05, 3.63) is 45.4 Å². The minimum absolute atomic E-state index is 0.321. The van der Waals surface area contributed by atoms with Crippen molar-refractivity contribution in [1.29, 1.82) is 0 Å². The quantitative estimate of drug-likeness (QED) is 0.506. The van der Waals surface area contributed by atoms with Gasteiger partial charge in [-0.3, -0.25) is 10.2 Å². The minimum atomic E-state index is -0.321. The zero-order valence-corrected chi connectivity index (χ0v) is 13.2. The Morgan fingerprint density at radius 2 is 2.14 bits per heavy atom. The highest BCUT2D eigenvalue weighted by molar-refractivity contribution is 7.13. The van der Waals surface area contributed by atoms with Crippen molar-refractivity contribution in [1.82, 2.24) is 10.4 Å². The van der Waals surface area contributed by atoms with Gasteiger partial charge >= 0.3 is 0 Å². The monoisotopic (exact) mass is 305 g/mol. The second kappa shape index (κ2) is 6.69. The van der Waals surface area contributed by atoms with E-state index in [-0.39, 0.29) is 5.91 Å². The van der Waals surface area contributed by atoms with E-state index in [1.54, 1.807) is 6.92 Å². The van der Waals surface area contributed by atoms with Crippen LogP contribution >= 0.6 is 11.3 Å². The molecule has 0 saturated heterocycles. The number of hydrogen-bond donors (Lipinski definition) is 2. The second-order valence-electron chi connectivity index (χ2n) is 4.98. The molecule has 2 aromatic rings. The summed E-state index contributed by atoms with van der Waals surface area (Å²) in [5.41, 5.74) is 3.95. The number of amides is 1. The van der Waals surface area contributed by atoms with E-state index in [1.165, 1.54) is 11.3 Å². The lowest BCUT2D eigenvalue weighted by Gasteiger charge is -2.12. The number of thiazole rings is 1. The van der Waals surface area contributed by atoms with Gasteiger partial charge in [0.1, 0.15) is 22.2 Å². The Balaban J connectivity index is 2.12. The molecule has 6 heteroatoms. The van der Waals surface area contributed by atoms with Crippen molar-refractivity contribution in [3.63, 3.8) is 0 Å². The maximum absolute atomic E-state index is 11.6. The van der Waals surface area contributed by atoms with Gasteiger partial charge in [-0.2, -0.15) is 0 Å². The van der Waals surface area contributed by atoms with E-state index in [2.05, 4.69) is 30.3 Å². The van der Waals surface area contributed by atoms with Crippen molar-refractivity contribution >= 4 is 17.2 Å². The fourth-order valence-electron chi connectivity index (χ4n) is 2.02. The maximum atomic E-state index is 11.6. The predicted molar refractivity (Wildman–Crippen MR) is 83.4 cm³/mol. The van der Waals surface area contributed by atoms with Crippen LogP contribution < -0.4 is 16.0 Å². The number of para-hydroxylation sites is 1. The Labute approximate surface area is 128 Å². The fourth-order valence-corrected chi connectivity index (χ4v) is 2.90. The van der Waals surface area contributed by atoms with E-state index >= 15 is 0 Å². The van der Waals surface area contributed by atoms with Gasteiger partial charge < -0.3 is 4.74 Å². The SMILES string of the molecule is Cc1nc(COc2ccccc2C(C)C)sc1C(=O)NN. The molecule has 0 aliphatic carbocycles. The van der Waals surface area contributed by atoms with Crippen LogP contribution in [-0.4, -0.2) is 10.9 Å². The highest BCUT2D eigenvalue weighted by atomic mass is 32.1. The first-order chi connectivity index (χ1) is 10.0. The van der Waals surface area contributed by atoms with Gasteiger partial charge in [-0.1, -0.05) is 32.0 Å². The van der Waals surface area contributed by atoms with Crippen molar-refractivity contribution in [2.45, 2.75) is 33.3 Å².